The molecule has 9 heteroatoms. The average molecular weight is 341 g/mol. The maximum absolute atomic E-state index is 12.1. The van der Waals surface area contributed by atoms with Crippen molar-refractivity contribution < 1.29 is 22.7 Å². The number of methoxy groups -OCH3 is 1. The van der Waals surface area contributed by atoms with Crippen molar-refractivity contribution in [1.29, 1.82) is 0 Å². The highest BCUT2D eigenvalue weighted by Gasteiger charge is 2.27. The van der Waals surface area contributed by atoms with E-state index < -0.39 is 10.0 Å². The van der Waals surface area contributed by atoms with Crippen molar-refractivity contribution in [2.24, 2.45) is 5.92 Å². The molecule has 0 radical (unpaired) electrons. The summed E-state index contributed by atoms with van der Waals surface area (Å²) >= 11 is 0. The first-order chi connectivity index (χ1) is 10.9. The van der Waals surface area contributed by atoms with Gasteiger partial charge in [-0.15, -0.1) is 0 Å². The highest BCUT2D eigenvalue weighted by molar-refractivity contribution is 7.89. The average Bonchev–Trinajstić information content (AvgIpc) is 2.98. The summed E-state index contributed by atoms with van der Waals surface area (Å²) in [7, 11) is -2.14. The Hall–Kier alpha value is -2.13. The van der Waals surface area contributed by atoms with Crippen LogP contribution in [0.4, 0.5) is 0 Å². The van der Waals surface area contributed by atoms with Gasteiger partial charge in [-0.3, -0.25) is 9.59 Å². The van der Waals surface area contributed by atoms with Gasteiger partial charge in [-0.1, -0.05) is 0 Å². The number of carbonyl (C=O) groups is 2. The molecule has 1 aliphatic heterocycles. The van der Waals surface area contributed by atoms with Gasteiger partial charge in [0.15, 0.2) is 0 Å². The second kappa shape index (κ2) is 7.42. The van der Waals surface area contributed by atoms with Crippen LogP contribution < -0.4 is 20.1 Å². The van der Waals surface area contributed by atoms with Crippen LogP contribution in [0.3, 0.4) is 0 Å². The van der Waals surface area contributed by atoms with Crippen molar-refractivity contribution in [3.63, 3.8) is 0 Å². The van der Waals surface area contributed by atoms with E-state index in [1.54, 1.807) is 12.1 Å². The maximum Gasteiger partial charge on any atom is 0.240 e. The zero-order valence-electron chi connectivity index (χ0n) is 12.7. The number of sulfonamides is 1. The van der Waals surface area contributed by atoms with E-state index in [0.717, 1.165) is 0 Å². The molecule has 0 aromatic heterocycles. The molecule has 1 atom stereocenters. The minimum absolute atomic E-state index is 0.0637. The second-order valence-electron chi connectivity index (χ2n) is 5.07. The van der Waals surface area contributed by atoms with Gasteiger partial charge in [-0.2, -0.15) is 0 Å². The third-order valence-corrected chi connectivity index (χ3v) is 4.91. The molecule has 1 aromatic carbocycles. The minimum atomic E-state index is -3.63. The van der Waals surface area contributed by atoms with Crippen molar-refractivity contribution in [2.45, 2.75) is 11.3 Å². The third kappa shape index (κ3) is 4.67. The summed E-state index contributed by atoms with van der Waals surface area (Å²) in [5.74, 6) is -0.228. The molecule has 1 saturated heterocycles. The van der Waals surface area contributed by atoms with E-state index in [2.05, 4.69) is 15.4 Å². The largest absolute Gasteiger partial charge is 0.497 e. The van der Waals surface area contributed by atoms with Gasteiger partial charge in [0.25, 0.3) is 0 Å². The topological polar surface area (TPSA) is 114 Å². The number of carbonyl (C=O) groups excluding carboxylic acids is 2. The van der Waals surface area contributed by atoms with Gasteiger partial charge in [-0.25, -0.2) is 13.1 Å². The first-order valence-electron chi connectivity index (χ1n) is 7.10. The fourth-order valence-electron chi connectivity index (χ4n) is 2.14. The van der Waals surface area contributed by atoms with Crippen LogP contribution in [0.15, 0.2) is 29.2 Å². The van der Waals surface area contributed by atoms with E-state index in [0.29, 0.717) is 12.3 Å². The number of rotatable bonds is 7. The lowest BCUT2D eigenvalue weighted by Crippen LogP contribution is -2.38. The summed E-state index contributed by atoms with van der Waals surface area (Å²) in [5.41, 5.74) is 0. The number of hydrogen-bond acceptors (Lipinski definition) is 5. The van der Waals surface area contributed by atoms with Gasteiger partial charge < -0.3 is 15.4 Å². The summed E-state index contributed by atoms with van der Waals surface area (Å²) in [6, 6.07) is 5.99. The highest BCUT2D eigenvalue weighted by Crippen LogP contribution is 2.15. The Balaban J connectivity index is 1.78. The molecule has 1 fully saturated rings. The summed E-state index contributed by atoms with van der Waals surface area (Å²) in [5, 5.41) is 5.18. The maximum atomic E-state index is 12.1. The van der Waals surface area contributed by atoms with Crippen molar-refractivity contribution in [3.05, 3.63) is 24.3 Å². The highest BCUT2D eigenvalue weighted by atomic mass is 32.2. The number of nitrogens with one attached hydrogen (secondary N) is 3. The monoisotopic (exact) mass is 341 g/mol. The Bertz CT molecular complexity index is 672. The van der Waals surface area contributed by atoms with E-state index in [9.17, 15) is 18.0 Å². The second-order valence-corrected chi connectivity index (χ2v) is 6.84. The predicted molar refractivity (Wildman–Crippen MR) is 82.3 cm³/mol. The minimum Gasteiger partial charge on any atom is -0.497 e. The molecule has 2 rings (SSSR count). The van der Waals surface area contributed by atoms with Crippen LogP contribution >= 0.6 is 0 Å². The SMILES string of the molecule is COc1ccc(S(=O)(=O)NCCNC(=O)[C@H]2CNC(=O)C2)cc1. The number of hydrogen-bond donors (Lipinski definition) is 3. The van der Waals surface area contributed by atoms with Crippen LogP contribution in [0.25, 0.3) is 0 Å². The molecular formula is C14H19N3O5S. The Kier molecular flexibility index (Phi) is 5.56. The van der Waals surface area contributed by atoms with Gasteiger partial charge in [0.1, 0.15) is 5.75 Å². The zero-order chi connectivity index (χ0) is 16.9. The van der Waals surface area contributed by atoms with Crippen LogP contribution in [0, 0.1) is 5.92 Å². The van der Waals surface area contributed by atoms with Gasteiger partial charge >= 0.3 is 0 Å². The van der Waals surface area contributed by atoms with Gasteiger partial charge in [0.05, 0.1) is 17.9 Å². The van der Waals surface area contributed by atoms with Crippen molar-refractivity contribution in [3.8, 4) is 5.75 Å². The van der Waals surface area contributed by atoms with Crippen LogP contribution in [-0.2, 0) is 19.6 Å². The predicted octanol–water partition coefficient (Wildman–Crippen LogP) is -0.774. The summed E-state index contributed by atoms with van der Waals surface area (Å²) < 4.78 is 31.5. The molecule has 0 aliphatic carbocycles. The molecule has 2 amide bonds. The van der Waals surface area contributed by atoms with E-state index in [1.165, 1.54) is 19.2 Å². The molecule has 8 nitrogen and oxygen atoms in total. The van der Waals surface area contributed by atoms with Crippen LogP contribution in [-0.4, -0.2) is 47.0 Å². The third-order valence-electron chi connectivity index (χ3n) is 3.43. The fraction of sp³-hybridized carbons (Fsp3) is 0.429. The summed E-state index contributed by atoms with van der Waals surface area (Å²) in [6.45, 7) is 0.537. The lowest BCUT2D eigenvalue weighted by molar-refractivity contribution is -0.126. The molecule has 126 valence electrons. The van der Waals surface area contributed by atoms with Crippen LogP contribution in [0.2, 0.25) is 0 Å². The molecule has 1 aromatic rings. The quantitative estimate of drug-likeness (QED) is 0.563. The first kappa shape index (κ1) is 17.2. The van der Waals surface area contributed by atoms with Crippen molar-refractivity contribution >= 4 is 21.8 Å². The first-order valence-corrected chi connectivity index (χ1v) is 8.59. The number of benzene rings is 1. The van der Waals surface area contributed by atoms with Crippen LogP contribution in [0.1, 0.15) is 6.42 Å². The number of amides is 2. The standard InChI is InChI=1S/C14H19N3O5S/c1-22-11-2-4-12(5-3-11)23(20,21)17-7-6-15-14(19)10-8-13(18)16-9-10/h2-5,10,17H,6-9H2,1H3,(H,15,19)(H,16,18)/t10-/m1/s1. The lowest BCUT2D eigenvalue weighted by atomic mass is 10.1. The Morgan fingerprint density at radius 2 is 2.00 bits per heavy atom. The lowest BCUT2D eigenvalue weighted by Gasteiger charge is -2.10. The van der Waals surface area contributed by atoms with Gasteiger partial charge in [0.2, 0.25) is 21.8 Å². The Morgan fingerprint density at radius 3 is 2.57 bits per heavy atom. The van der Waals surface area contributed by atoms with E-state index in [1.807, 2.05) is 0 Å². The van der Waals surface area contributed by atoms with Gasteiger partial charge in [0, 0.05) is 26.1 Å². The Morgan fingerprint density at radius 1 is 1.30 bits per heavy atom. The summed E-state index contributed by atoms with van der Waals surface area (Å²) in [6.07, 6.45) is 0.170. The smallest absolute Gasteiger partial charge is 0.240 e. The van der Waals surface area contributed by atoms with E-state index >= 15 is 0 Å². The molecule has 3 N–H and O–H groups in total. The molecular weight excluding hydrogens is 322 g/mol. The zero-order valence-corrected chi connectivity index (χ0v) is 13.5. The molecule has 0 unspecified atom stereocenters. The molecule has 1 aliphatic rings. The number of ether oxygens (including phenoxy) is 1. The molecule has 0 bridgehead atoms. The van der Waals surface area contributed by atoms with Crippen molar-refractivity contribution in [2.75, 3.05) is 26.7 Å². The molecule has 1 heterocycles. The molecule has 23 heavy (non-hydrogen) atoms. The molecule has 0 saturated carbocycles. The van der Waals surface area contributed by atoms with E-state index in [4.69, 9.17) is 4.74 Å². The van der Waals surface area contributed by atoms with Gasteiger partial charge in [-0.05, 0) is 24.3 Å². The van der Waals surface area contributed by atoms with Crippen LogP contribution in [0.5, 0.6) is 5.75 Å². The van der Waals surface area contributed by atoms with Crippen molar-refractivity contribution in [1.82, 2.24) is 15.4 Å². The van der Waals surface area contributed by atoms with E-state index in [-0.39, 0.29) is 42.1 Å². The fourth-order valence-corrected chi connectivity index (χ4v) is 3.18. The normalized spacial score (nSPS) is 17.6. The Labute approximate surface area is 134 Å². The summed E-state index contributed by atoms with van der Waals surface area (Å²) in [4.78, 5) is 22.9. The molecule has 0 spiro atoms.